The second-order valence-corrected chi connectivity index (χ2v) is 28.1. The van der Waals surface area contributed by atoms with E-state index in [0.29, 0.717) is 23.9 Å². The van der Waals surface area contributed by atoms with E-state index in [-0.39, 0.29) is 19.1 Å². The van der Waals surface area contributed by atoms with E-state index in [9.17, 15) is 19.4 Å². The lowest BCUT2D eigenvalue weighted by Gasteiger charge is -2.30. The molecule has 1 amide bonds. The minimum absolute atomic E-state index is 0.0145. The molecular weight excluding hydrogens is 1040 g/mol. The van der Waals surface area contributed by atoms with Gasteiger partial charge in [0.1, 0.15) is 13.2 Å². The second-order valence-electron chi connectivity index (χ2n) is 26.7. The van der Waals surface area contributed by atoms with Crippen molar-refractivity contribution in [2.75, 3.05) is 40.9 Å². The number of nitrogens with one attached hydrogen (secondary N) is 1. The van der Waals surface area contributed by atoms with E-state index >= 15 is 0 Å². The van der Waals surface area contributed by atoms with Gasteiger partial charge >= 0.3 is 0 Å². The number of carbonyl (C=O) groups excluding carboxylic acids is 1. The van der Waals surface area contributed by atoms with Crippen molar-refractivity contribution in [2.45, 2.75) is 392 Å². The molecule has 0 aliphatic rings. The number of allylic oxidation sites excluding steroid dienone is 6. The molecule has 0 aromatic heterocycles. The van der Waals surface area contributed by atoms with Gasteiger partial charge in [-0.05, 0) is 51.4 Å². The molecule has 0 spiro atoms. The van der Waals surface area contributed by atoms with Gasteiger partial charge in [0.2, 0.25) is 5.91 Å². The first kappa shape index (κ1) is 81.7. The van der Waals surface area contributed by atoms with Gasteiger partial charge in [0.15, 0.2) is 0 Å². The van der Waals surface area contributed by atoms with E-state index in [0.717, 1.165) is 51.4 Å². The Morgan fingerprint density at radius 2 is 0.699 bits per heavy atom. The minimum Gasteiger partial charge on any atom is -0.756 e. The van der Waals surface area contributed by atoms with Crippen LogP contribution in [0.4, 0.5) is 0 Å². The van der Waals surface area contributed by atoms with E-state index in [2.05, 4.69) is 55.6 Å². The topological polar surface area (TPSA) is 108 Å². The van der Waals surface area contributed by atoms with Crippen molar-refractivity contribution in [3.63, 3.8) is 0 Å². The molecule has 0 saturated carbocycles. The lowest BCUT2D eigenvalue weighted by Crippen LogP contribution is -2.46. The molecule has 3 unspecified atom stereocenters. The van der Waals surface area contributed by atoms with Gasteiger partial charge in [-0.3, -0.25) is 9.36 Å². The summed E-state index contributed by atoms with van der Waals surface area (Å²) < 4.78 is 23.6. The predicted octanol–water partition coefficient (Wildman–Crippen LogP) is 23.0. The summed E-state index contributed by atoms with van der Waals surface area (Å²) >= 11 is 0. The molecule has 8 nitrogen and oxygen atoms in total. The average molecular weight is 1190 g/mol. The Balaban J connectivity index is 3.96. The lowest BCUT2D eigenvalue weighted by molar-refractivity contribution is -0.870. The molecule has 0 rings (SSSR count). The number of aliphatic hydroxyl groups is 1. The van der Waals surface area contributed by atoms with E-state index in [1.54, 1.807) is 0 Å². The molecule has 9 heteroatoms. The number of carbonyl (C=O) groups is 1. The fourth-order valence-electron chi connectivity index (χ4n) is 11.4. The monoisotopic (exact) mass is 1190 g/mol. The highest BCUT2D eigenvalue weighted by molar-refractivity contribution is 7.45. The number of nitrogens with zero attached hydrogens (tertiary/aromatic N) is 1. The second kappa shape index (κ2) is 65.2. The zero-order valence-corrected chi connectivity index (χ0v) is 57.3. The normalized spacial score (nSPS) is 13.8. The first-order valence-corrected chi connectivity index (χ1v) is 38.3. The molecule has 492 valence electrons. The summed E-state index contributed by atoms with van der Waals surface area (Å²) in [5.41, 5.74) is 0. The third kappa shape index (κ3) is 68.1. The zero-order valence-electron chi connectivity index (χ0n) is 56.4. The van der Waals surface area contributed by atoms with Gasteiger partial charge in [-0.1, -0.05) is 359 Å². The summed E-state index contributed by atoms with van der Waals surface area (Å²) in [6.07, 6.45) is 86.6. The quantitative estimate of drug-likeness (QED) is 0.0272. The molecule has 0 saturated heterocycles. The number of unbranched alkanes of at least 4 members (excludes halogenated alkanes) is 50. The molecule has 0 aromatic carbocycles. The van der Waals surface area contributed by atoms with Crippen LogP contribution in [0.25, 0.3) is 0 Å². The third-order valence-electron chi connectivity index (χ3n) is 17.1. The van der Waals surface area contributed by atoms with Crippen molar-refractivity contribution in [3.8, 4) is 0 Å². The number of quaternary nitrogens is 1. The molecule has 0 aliphatic heterocycles. The van der Waals surface area contributed by atoms with E-state index in [1.165, 1.54) is 302 Å². The van der Waals surface area contributed by atoms with Crippen molar-refractivity contribution in [2.24, 2.45) is 0 Å². The summed E-state index contributed by atoms with van der Waals surface area (Å²) in [6, 6.07) is -0.801. The summed E-state index contributed by atoms with van der Waals surface area (Å²) in [4.78, 5) is 25.7. The van der Waals surface area contributed by atoms with Crippen LogP contribution in [0.2, 0.25) is 0 Å². The standard InChI is InChI=1S/C74H145N2O6P/c1-6-8-10-12-14-16-18-20-22-24-26-28-30-32-34-35-36-37-38-39-40-41-42-44-46-48-50-52-54-56-58-60-62-64-66-68-74(78)75-72(71-82-83(79,80)81-70-69-76(3,4)5)73(77)67-65-63-61-59-57-55-53-51-49-47-45-43-33-31-29-27-25-23-21-19-17-15-13-11-9-7-2/h18,20,24,26,30,32,72-73,77H,6-17,19,21-23,25,27-29,31,33-71H2,1-5H3,(H-,75,78,79,80)/b20-18-,26-24-,32-30-. The number of hydrogen-bond donors (Lipinski definition) is 2. The number of likely N-dealkylation sites (N-methyl/N-ethyl adjacent to an activating group) is 1. The van der Waals surface area contributed by atoms with E-state index in [1.807, 2.05) is 21.1 Å². The molecular formula is C74H145N2O6P. The van der Waals surface area contributed by atoms with Gasteiger partial charge in [-0.25, -0.2) is 0 Å². The number of amides is 1. The highest BCUT2D eigenvalue weighted by Gasteiger charge is 2.24. The van der Waals surface area contributed by atoms with Gasteiger partial charge in [-0.15, -0.1) is 0 Å². The Morgan fingerprint density at radius 1 is 0.422 bits per heavy atom. The highest BCUT2D eigenvalue weighted by atomic mass is 31.2. The maximum absolute atomic E-state index is 13.1. The van der Waals surface area contributed by atoms with Gasteiger partial charge < -0.3 is 28.8 Å². The molecule has 0 aromatic rings. The Kier molecular flexibility index (Phi) is 64.2. The van der Waals surface area contributed by atoms with Crippen molar-refractivity contribution in [1.29, 1.82) is 0 Å². The number of aliphatic hydroxyl groups excluding tert-OH is 1. The van der Waals surface area contributed by atoms with Crippen LogP contribution < -0.4 is 10.2 Å². The fourth-order valence-corrected chi connectivity index (χ4v) is 12.1. The van der Waals surface area contributed by atoms with Gasteiger partial charge in [0.05, 0.1) is 39.9 Å². The van der Waals surface area contributed by atoms with Crippen LogP contribution in [0.15, 0.2) is 36.5 Å². The Hall–Kier alpha value is -1.28. The Morgan fingerprint density at radius 3 is 1.01 bits per heavy atom. The maximum atomic E-state index is 13.1. The maximum Gasteiger partial charge on any atom is 0.268 e. The highest BCUT2D eigenvalue weighted by Crippen LogP contribution is 2.38. The smallest absolute Gasteiger partial charge is 0.268 e. The van der Waals surface area contributed by atoms with Crippen LogP contribution in [-0.2, 0) is 18.4 Å². The third-order valence-corrected chi connectivity index (χ3v) is 18.1. The van der Waals surface area contributed by atoms with Crippen LogP contribution in [0, 0.1) is 0 Å². The Labute approximate surface area is 518 Å². The van der Waals surface area contributed by atoms with Crippen LogP contribution in [0.3, 0.4) is 0 Å². The first-order chi connectivity index (χ1) is 40.5. The number of phosphoric acid groups is 1. The van der Waals surface area contributed by atoms with Gasteiger partial charge in [-0.2, -0.15) is 0 Å². The van der Waals surface area contributed by atoms with Crippen LogP contribution in [0.5, 0.6) is 0 Å². The average Bonchev–Trinajstić information content (AvgIpc) is 3.49. The number of phosphoric ester groups is 1. The Bertz CT molecular complexity index is 1450. The van der Waals surface area contributed by atoms with E-state index < -0.39 is 20.0 Å². The van der Waals surface area contributed by atoms with Crippen molar-refractivity contribution >= 4 is 13.7 Å². The van der Waals surface area contributed by atoms with Crippen LogP contribution in [0.1, 0.15) is 380 Å². The van der Waals surface area contributed by atoms with Crippen molar-refractivity contribution in [1.82, 2.24) is 5.32 Å². The predicted molar refractivity (Wildman–Crippen MR) is 362 cm³/mol. The summed E-state index contributed by atoms with van der Waals surface area (Å²) in [7, 11) is 1.32. The van der Waals surface area contributed by atoms with Crippen molar-refractivity contribution in [3.05, 3.63) is 36.5 Å². The molecule has 2 N–H and O–H groups in total. The number of rotatable bonds is 69. The van der Waals surface area contributed by atoms with Crippen LogP contribution >= 0.6 is 7.82 Å². The van der Waals surface area contributed by atoms with Gasteiger partial charge in [0.25, 0.3) is 7.82 Å². The van der Waals surface area contributed by atoms with Crippen molar-refractivity contribution < 1.29 is 32.9 Å². The molecule has 0 radical (unpaired) electrons. The zero-order chi connectivity index (χ0) is 60.5. The van der Waals surface area contributed by atoms with Gasteiger partial charge in [0, 0.05) is 6.42 Å². The van der Waals surface area contributed by atoms with Crippen LogP contribution in [-0.4, -0.2) is 68.5 Å². The molecule has 0 aliphatic carbocycles. The molecule has 0 bridgehead atoms. The molecule has 83 heavy (non-hydrogen) atoms. The molecule has 0 fully saturated rings. The SMILES string of the molecule is CCCCCCC/C=C\C/C=C\C/C=C\CCCCCCCCCCCCCCCCCCCCCCC(=O)NC(COP(=O)([O-])OCC[N+](C)(C)C)C(O)CCCCCCCCCCCCCCCCCCCCCCCCCCCC. The fraction of sp³-hybridized carbons (Fsp3) is 0.905. The van der Waals surface area contributed by atoms with E-state index in [4.69, 9.17) is 9.05 Å². The minimum atomic E-state index is -4.58. The summed E-state index contributed by atoms with van der Waals surface area (Å²) in [5.74, 6) is -0.156. The number of hydrogen-bond acceptors (Lipinski definition) is 6. The summed E-state index contributed by atoms with van der Waals surface area (Å²) in [5, 5.41) is 14.1. The lowest BCUT2D eigenvalue weighted by atomic mass is 10.0. The molecule has 3 atom stereocenters. The largest absolute Gasteiger partial charge is 0.756 e. The first-order valence-electron chi connectivity index (χ1n) is 36.8. The molecule has 0 heterocycles. The summed E-state index contributed by atoms with van der Waals surface area (Å²) in [6.45, 7) is 4.77.